The number of ether oxygens (including phenoxy) is 3. The van der Waals surface area contributed by atoms with Crippen molar-refractivity contribution in [2.24, 2.45) is 17.8 Å². The van der Waals surface area contributed by atoms with E-state index in [1.165, 1.54) is 95.2 Å². The number of amides is 8. The Balaban J connectivity index is 0.000000152. The number of phenols is 8. The maximum atomic E-state index is 12.3. The number of hydrogen-bond acceptors (Lipinski definition) is 15. The molecule has 8 amide bonds. The summed E-state index contributed by atoms with van der Waals surface area (Å²) in [5.74, 6) is 2.45. The van der Waals surface area contributed by atoms with Gasteiger partial charge in [0.15, 0.2) is 11.5 Å². The Bertz CT molecular complexity index is 3760. The van der Waals surface area contributed by atoms with Gasteiger partial charge >= 0.3 is 24.1 Å². The summed E-state index contributed by atoms with van der Waals surface area (Å²) >= 11 is 0. The van der Waals surface area contributed by atoms with E-state index in [1.54, 1.807) is 18.2 Å². The Morgan fingerprint density at radius 3 is 1.20 bits per heavy atom. The number of fused-ring (bicyclic) bond motifs is 1. The van der Waals surface area contributed by atoms with Crippen molar-refractivity contribution in [3.05, 3.63) is 157 Å². The normalized spacial score (nSPS) is 16.4. The van der Waals surface area contributed by atoms with E-state index in [-0.39, 0.29) is 74.6 Å². The molecule has 0 unspecified atom stereocenters. The van der Waals surface area contributed by atoms with E-state index in [0.717, 1.165) is 82.8 Å². The number of methoxy groups -OCH3 is 3. The lowest BCUT2D eigenvalue weighted by Crippen LogP contribution is -2.60. The summed E-state index contributed by atoms with van der Waals surface area (Å²) in [6, 6.07) is 36.4. The highest BCUT2D eigenvalue weighted by molar-refractivity contribution is 6.07. The molecule has 4 saturated carbocycles. The van der Waals surface area contributed by atoms with Gasteiger partial charge in [-0.3, -0.25) is 0 Å². The van der Waals surface area contributed by atoms with Gasteiger partial charge in [-0.05, 0) is 141 Å². The van der Waals surface area contributed by atoms with Gasteiger partial charge in [0.2, 0.25) is 5.75 Å². The summed E-state index contributed by atoms with van der Waals surface area (Å²) in [5, 5.41) is 99.2. The summed E-state index contributed by atoms with van der Waals surface area (Å²) in [7, 11) is 4.42. The molecule has 0 heterocycles. The molecule has 4 bridgehead atoms. The number of carbonyl (C=O) groups excluding carboxylic acids is 4. The van der Waals surface area contributed by atoms with Crippen molar-refractivity contribution in [1.82, 2.24) is 5.32 Å². The second-order valence-electron chi connectivity index (χ2n) is 21.5. The Labute approximate surface area is 506 Å². The third kappa shape index (κ3) is 16.4. The molecule has 16 N–H and O–H groups in total. The zero-order valence-electron chi connectivity index (χ0n) is 48.8. The summed E-state index contributed by atoms with van der Waals surface area (Å²) < 4.78 is 15.6. The number of benzene rings is 8. The number of aromatic hydroxyl groups is 8. The number of urea groups is 4. The summed E-state index contributed by atoms with van der Waals surface area (Å²) in [6.07, 6.45) is 7.28. The largest absolute Gasteiger partial charge is 0.508 e. The van der Waals surface area contributed by atoms with Gasteiger partial charge in [0.05, 0.1) is 55.5 Å². The monoisotopic (exact) mass is 1200 g/mol. The predicted octanol–water partition coefficient (Wildman–Crippen LogP) is 13.2. The minimum Gasteiger partial charge on any atom is -0.508 e. The van der Waals surface area contributed by atoms with Crippen LogP contribution in [-0.2, 0) is 0 Å². The van der Waals surface area contributed by atoms with Crippen LogP contribution in [0.4, 0.5) is 59.0 Å². The third-order valence-corrected chi connectivity index (χ3v) is 15.0. The number of nitrogens with one attached hydrogen (secondary N) is 8. The van der Waals surface area contributed by atoms with Gasteiger partial charge in [-0.25, -0.2) is 19.2 Å². The molecule has 0 aromatic heterocycles. The summed E-state index contributed by atoms with van der Waals surface area (Å²) in [4.78, 5) is 48.4. The minimum atomic E-state index is -0.592. The fourth-order valence-corrected chi connectivity index (χ4v) is 11.5. The van der Waals surface area contributed by atoms with Crippen molar-refractivity contribution in [3.63, 3.8) is 0 Å². The maximum absolute atomic E-state index is 12.3. The smallest absolute Gasteiger partial charge is 0.323 e. The summed E-state index contributed by atoms with van der Waals surface area (Å²) in [6.45, 7) is 3.81. The van der Waals surface area contributed by atoms with E-state index in [2.05, 4.69) is 42.5 Å². The Morgan fingerprint density at radius 1 is 0.409 bits per heavy atom. The number of carbonyl (C=O) groups is 4. The van der Waals surface area contributed by atoms with Crippen LogP contribution in [0.5, 0.6) is 63.2 Å². The van der Waals surface area contributed by atoms with Crippen LogP contribution in [0.3, 0.4) is 0 Å². The van der Waals surface area contributed by atoms with Gasteiger partial charge in [-0.1, -0.05) is 54.6 Å². The Hall–Kier alpha value is -11.1. The first-order chi connectivity index (χ1) is 42.1. The van der Waals surface area contributed by atoms with Crippen LogP contribution >= 0.6 is 0 Å². The molecular weight excluding hydrogens is 1130 g/mol. The van der Waals surface area contributed by atoms with Gasteiger partial charge in [0, 0.05) is 53.0 Å². The van der Waals surface area contributed by atoms with E-state index in [4.69, 9.17) is 14.2 Å². The molecule has 4 fully saturated rings. The zero-order valence-corrected chi connectivity index (χ0v) is 48.8. The number of anilines is 7. The molecule has 8 aromatic carbocycles. The van der Waals surface area contributed by atoms with Crippen LogP contribution in [0.15, 0.2) is 146 Å². The molecule has 460 valence electrons. The number of aryl methyl sites for hydroxylation is 2. The van der Waals surface area contributed by atoms with Crippen LogP contribution in [0.25, 0.3) is 10.8 Å². The van der Waals surface area contributed by atoms with Gasteiger partial charge in [-0.15, -0.1) is 0 Å². The molecular formula is C65H70N8O15. The summed E-state index contributed by atoms with van der Waals surface area (Å²) in [5.41, 5.74) is 4.59. The van der Waals surface area contributed by atoms with Crippen LogP contribution in [0, 0.1) is 31.6 Å². The first-order valence-electron chi connectivity index (χ1n) is 27.8. The highest BCUT2D eigenvalue weighted by atomic mass is 16.5. The van der Waals surface area contributed by atoms with Crippen LogP contribution < -0.4 is 56.7 Å². The highest BCUT2D eigenvalue weighted by Gasteiger charge is 2.51. The van der Waals surface area contributed by atoms with E-state index in [9.17, 15) is 60.0 Å². The standard InChI is InChI=1S/C17H22N2O3.C17H14N2O3.C16H18N2O6.C15H16N2O3/c20-13-1-2-14(15(21)6-13)18-16(22)19-17-7-10-3-11(8-17)5-12(4-10)9-17;20-12-8-9-15(16(21)10-12)19-17(22)18-14-7-3-5-11-4-1-2-6-13(11)14;1-22-13-6-9(7-14(23-2)15(13)24-3)17-16(21)18-11-5-4-10(19)8-12(11)20;1-9-4-3-5-10(2)14(9)17-15(20)16-12-7-6-11(18)8-13(12)19/h1-2,6,10-12,20-21H,3-5,7-9H2,(H2,18,19,22);1-10,20-21H,(H2,18,19,22);4-8,19-20H,1-3H3,(H2,17,18,21);3-8,18-19H,1-2H3,(H2,16,17,20). The lowest BCUT2D eigenvalue weighted by molar-refractivity contribution is -0.0127. The molecule has 4 aliphatic rings. The van der Waals surface area contributed by atoms with Crippen molar-refractivity contribution in [1.29, 1.82) is 0 Å². The van der Waals surface area contributed by atoms with Crippen molar-refractivity contribution in [2.45, 2.75) is 57.9 Å². The van der Waals surface area contributed by atoms with Gasteiger partial charge in [0.1, 0.15) is 46.0 Å². The van der Waals surface area contributed by atoms with Gasteiger partial charge in [-0.2, -0.15) is 0 Å². The molecule has 0 atom stereocenters. The maximum Gasteiger partial charge on any atom is 0.323 e. The van der Waals surface area contributed by atoms with Crippen molar-refractivity contribution in [2.75, 3.05) is 58.5 Å². The average molecular weight is 1200 g/mol. The molecule has 12 rings (SSSR count). The quantitative estimate of drug-likeness (QED) is 0.0423. The number of hydrogen-bond donors (Lipinski definition) is 16. The van der Waals surface area contributed by atoms with Gasteiger partial charge in [0.25, 0.3) is 0 Å². The Morgan fingerprint density at radius 2 is 0.784 bits per heavy atom. The fourth-order valence-electron chi connectivity index (χ4n) is 11.5. The lowest BCUT2D eigenvalue weighted by atomic mass is 9.53. The molecule has 0 radical (unpaired) electrons. The fraction of sp³-hybridized carbons (Fsp3) is 0.231. The number of phenolic OH excluding ortho intramolecular Hbond substituents is 8. The number of para-hydroxylation sites is 1. The van der Waals surface area contributed by atoms with Crippen LogP contribution in [0.2, 0.25) is 0 Å². The Kier molecular flexibility index (Phi) is 20.2. The van der Waals surface area contributed by atoms with Crippen LogP contribution in [-0.4, -0.2) is 91.8 Å². The van der Waals surface area contributed by atoms with Crippen LogP contribution in [0.1, 0.15) is 49.7 Å². The first kappa shape index (κ1) is 62.9. The molecule has 4 aliphatic carbocycles. The molecule has 0 spiro atoms. The molecule has 23 heteroatoms. The SMILES string of the molecule is COc1cc(NC(=O)Nc2ccc(O)cc2O)cc(OC)c1OC.Cc1cccc(C)c1NC(=O)Nc1ccc(O)cc1O.O=C(Nc1ccc(O)cc1O)NC12CC3CC(CC(C3)C1)C2.O=C(Nc1ccc(O)cc1O)Nc1cccc2ccccc12. The highest BCUT2D eigenvalue weighted by Crippen LogP contribution is 2.55. The second kappa shape index (κ2) is 28.2. The molecule has 0 aliphatic heterocycles. The second-order valence-corrected chi connectivity index (χ2v) is 21.5. The lowest BCUT2D eigenvalue weighted by Gasteiger charge is -2.56. The minimum absolute atomic E-state index is 0.0236. The van der Waals surface area contributed by atoms with E-state index in [0.29, 0.717) is 34.3 Å². The zero-order chi connectivity index (χ0) is 63.2. The van der Waals surface area contributed by atoms with Crippen molar-refractivity contribution < 1.29 is 74.2 Å². The first-order valence-corrected chi connectivity index (χ1v) is 27.8. The number of rotatable bonds is 11. The van der Waals surface area contributed by atoms with Gasteiger partial charge < -0.3 is 97.6 Å². The molecule has 0 saturated heterocycles. The van der Waals surface area contributed by atoms with E-state index in [1.807, 2.05) is 68.4 Å². The topological polar surface area (TPSA) is 354 Å². The third-order valence-electron chi connectivity index (χ3n) is 15.0. The molecule has 8 aromatic rings. The average Bonchev–Trinajstić information content (AvgIpc) is 1.09. The molecule has 23 nitrogen and oxygen atoms in total. The van der Waals surface area contributed by atoms with E-state index < -0.39 is 18.1 Å². The molecule has 88 heavy (non-hydrogen) atoms. The predicted molar refractivity (Wildman–Crippen MR) is 336 cm³/mol. The van der Waals surface area contributed by atoms with Crippen molar-refractivity contribution in [3.8, 4) is 63.2 Å². The van der Waals surface area contributed by atoms with Crippen molar-refractivity contribution >= 4 is 74.7 Å². The van der Waals surface area contributed by atoms with E-state index >= 15 is 0 Å².